The van der Waals surface area contributed by atoms with Crippen molar-refractivity contribution >= 4 is 37.8 Å². The fraction of sp³-hybridized carbons (Fsp3) is 0.588. The molecule has 1 aliphatic rings. The predicted octanol–water partition coefficient (Wildman–Crippen LogP) is 5.29. The summed E-state index contributed by atoms with van der Waals surface area (Å²) in [5.41, 5.74) is 1.05. The van der Waals surface area contributed by atoms with Crippen LogP contribution in [0, 0.1) is 0 Å². The van der Waals surface area contributed by atoms with Crippen molar-refractivity contribution in [1.82, 2.24) is 4.90 Å². The van der Waals surface area contributed by atoms with Gasteiger partial charge in [-0.2, -0.15) is 0 Å². The van der Waals surface area contributed by atoms with Gasteiger partial charge in [0.25, 0.3) is 0 Å². The maximum absolute atomic E-state index is 11.4. The summed E-state index contributed by atoms with van der Waals surface area (Å²) in [4.78, 5) is 13.9. The molecule has 0 spiro atoms. The van der Waals surface area contributed by atoms with Crippen molar-refractivity contribution in [3.8, 4) is 5.75 Å². The summed E-state index contributed by atoms with van der Waals surface area (Å²) < 4.78 is 7.23. The first-order valence-electron chi connectivity index (χ1n) is 7.91. The Morgan fingerprint density at radius 2 is 1.95 bits per heavy atom. The van der Waals surface area contributed by atoms with Crippen LogP contribution >= 0.6 is 31.9 Å². The van der Waals surface area contributed by atoms with Crippen LogP contribution in [-0.2, 0) is 11.3 Å². The molecule has 0 atom stereocenters. The molecule has 22 heavy (non-hydrogen) atoms. The van der Waals surface area contributed by atoms with Crippen LogP contribution in [-0.4, -0.2) is 23.5 Å². The normalized spacial score (nSPS) is 16.0. The van der Waals surface area contributed by atoms with Crippen LogP contribution in [0.2, 0.25) is 0 Å². The topological polar surface area (TPSA) is 29.5 Å². The highest BCUT2D eigenvalue weighted by molar-refractivity contribution is 9.11. The second kappa shape index (κ2) is 8.46. The van der Waals surface area contributed by atoms with Crippen molar-refractivity contribution in [2.24, 2.45) is 0 Å². The van der Waals surface area contributed by atoms with Crippen molar-refractivity contribution in [3.05, 3.63) is 26.6 Å². The highest BCUT2D eigenvalue weighted by atomic mass is 79.9. The Kier molecular flexibility index (Phi) is 6.90. The lowest BCUT2D eigenvalue weighted by Crippen LogP contribution is -2.36. The Morgan fingerprint density at radius 3 is 2.55 bits per heavy atom. The third-order valence-corrected chi connectivity index (χ3v) is 5.25. The van der Waals surface area contributed by atoms with Crippen LogP contribution in [0.15, 0.2) is 21.1 Å². The van der Waals surface area contributed by atoms with E-state index in [2.05, 4.69) is 49.7 Å². The Hall–Kier alpha value is -0.390. The molecule has 0 heterocycles. The standard InChI is InChI=1S/C17H23Br2NO2/c1-3-20(15-7-5-4-6-8-15)11-13-9-14(18)10-16(19)17(13)22-12(2)21/h9-10,15H,3-8,11H2,1-2H3. The van der Waals surface area contributed by atoms with Crippen molar-refractivity contribution in [2.75, 3.05) is 6.54 Å². The minimum Gasteiger partial charge on any atom is -0.425 e. The second-order valence-electron chi connectivity index (χ2n) is 5.82. The molecule has 0 amide bonds. The number of hydrogen-bond acceptors (Lipinski definition) is 3. The molecule has 0 aromatic heterocycles. The van der Waals surface area contributed by atoms with E-state index in [9.17, 15) is 4.79 Å². The van der Waals surface area contributed by atoms with E-state index in [4.69, 9.17) is 4.74 Å². The van der Waals surface area contributed by atoms with Crippen LogP contribution in [0.5, 0.6) is 5.75 Å². The van der Waals surface area contributed by atoms with Gasteiger partial charge in [-0.3, -0.25) is 9.69 Å². The Labute approximate surface area is 149 Å². The zero-order valence-electron chi connectivity index (χ0n) is 13.2. The van der Waals surface area contributed by atoms with E-state index in [0.717, 1.165) is 27.6 Å². The number of ether oxygens (including phenoxy) is 1. The molecule has 1 aromatic carbocycles. The molecule has 0 bridgehead atoms. The minimum atomic E-state index is -0.287. The molecule has 1 fully saturated rings. The predicted molar refractivity (Wildman–Crippen MR) is 96.1 cm³/mol. The zero-order valence-corrected chi connectivity index (χ0v) is 16.4. The molecule has 1 aromatic rings. The Balaban J connectivity index is 2.23. The maximum Gasteiger partial charge on any atom is 0.308 e. The van der Waals surface area contributed by atoms with Crippen molar-refractivity contribution < 1.29 is 9.53 Å². The van der Waals surface area contributed by atoms with Gasteiger partial charge in [0.1, 0.15) is 5.75 Å². The summed E-state index contributed by atoms with van der Waals surface area (Å²) >= 11 is 7.04. The highest BCUT2D eigenvalue weighted by Gasteiger charge is 2.22. The van der Waals surface area contributed by atoms with Gasteiger partial charge in [-0.1, -0.05) is 42.1 Å². The smallest absolute Gasteiger partial charge is 0.308 e. The Morgan fingerprint density at radius 1 is 1.27 bits per heavy atom. The molecule has 0 saturated heterocycles. The number of esters is 1. The monoisotopic (exact) mass is 431 g/mol. The molecular weight excluding hydrogens is 410 g/mol. The largest absolute Gasteiger partial charge is 0.425 e. The van der Waals surface area contributed by atoms with Crippen LogP contribution in [0.4, 0.5) is 0 Å². The lowest BCUT2D eigenvalue weighted by molar-refractivity contribution is -0.132. The highest BCUT2D eigenvalue weighted by Crippen LogP contribution is 2.35. The van der Waals surface area contributed by atoms with Gasteiger partial charge in [0.15, 0.2) is 0 Å². The molecule has 1 aliphatic carbocycles. The number of nitrogens with zero attached hydrogens (tertiary/aromatic N) is 1. The van der Waals surface area contributed by atoms with Crippen molar-refractivity contribution in [1.29, 1.82) is 0 Å². The summed E-state index contributed by atoms with van der Waals surface area (Å²) in [6, 6.07) is 4.61. The van der Waals surface area contributed by atoms with Gasteiger partial charge in [-0.25, -0.2) is 0 Å². The average Bonchev–Trinajstić information content (AvgIpc) is 2.48. The number of carbonyl (C=O) groups is 1. The zero-order chi connectivity index (χ0) is 16.1. The van der Waals surface area contributed by atoms with E-state index in [1.165, 1.54) is 39.0 Å². The van der Waals surface area contributed by atoms with Crippen LogP contribution in [0.3, 0.4) is 0 Å². The van der Waals surface area contributed by atoms with Crippen LogP contribution in [0.1, 0.15) is 51.5 Å². The summed E-state index contributed by atoms with van der Waals surface area (Å²) in [5, 5.41) is 0. The van der Waals surface area contributed by atoms with E-state index in [1.807, 2.05) is 6.07 Å². The fourth-order valence-electron chi connectivity index (χ4n) is 3.15. The van der Waals surface area contributed by atoms with Crippen molar-refractivity contribution in [2.45, 2.75) is 58.5 Å². The minimum absolute atomic E-state index is 0.287. The third-order valence-electron chi connectivity index (χ3n) is 4.20. The molecule has 0 radical (unpaired) electrons. The van der Waals surface area contributed by atoms with Gasteiger partial charge in [-0.15, -0.1) is 0 Å². The molecule has 122 valence electrons. The summed E-state index contributed by atoms with van der Waals surface area (Å²) in [7, 11) is 0. The van der Waals surface area contributed by atoms with Crippen LogP contribution in [0.25, 0.3) is 0 Å². The molecule has 0 N–H and O–H groups in total. The van der Waals surface area contributed by atoms with E-state index in [1.54, 1.807) is 0 Å². The van der Waals surface area contributed by atoms with Crippen LogP contribution < -0.4 is 4.74 Å². The lowest BCUT2D eigenvalue weighted by atomic mass is 9.94. The third kappa shape index (κ3) is 4.80. The van der Waals surface area contributed by atoms with Gasteiger partial charge in [0.05, 0.1) is 4.47 Å². The van der Waals surface area contributed by atoms with Gasteiger partial charge in [0.2, 0.25) is 0 Å². The summed E-state index contributed by atoms with van der Waals surface area (Å²) in [6.45, 7) is 5.46. The number of benzene rings is 1. The summed E-state index contributed by atoms with van der Waals surface area (Å²) in [6.07, 6.45) is 6.54. The van der Waals surface area contributed by atoms with E-state index in [-0.39, 0.29) is 5.97 Å². The van der Waals surface area contributed by atoms with Gasteiger partial charge in [-0.05, 0) is 47.4 Å². The molecule has 0 unspecified atom stereocenters. The quantitative estimate of drug-likeness (QED) is 0.467. The first kappa shape index (κ1) is 18.0. The number of halogens is 2. The number of hydrogen-bond donors (Lipinski definition) is 0. The number of rotatable bonds is 5. The van der Waals surface area contributed by atoms with Gasteiger partial charge in [0, 0.05) is 29.5 Å². The fourth-order valence-corrected chi connectivity index (χ4v) is 4.55. The second-order valence-corrected chi connectivity index (χ2v) is 7.59. The van der Waals surface area contributed by atoms with E-state index in [0.29, 0.717) is 11.8 Å². The average molecular weight is 433 g/mol. The lowest BCUT2D eigenvalue weighted by Gasteiger charge is -2.34. The molecule has 2 rings (SSSR count). The van der Waals surface area contributed by atoms with E-state index < -0.39 is 0 Å². The van der Waals surface area contributed by atoms with Gasteiger partial charge >= 0.3 is 5.97 Å². The Bertz CT molecular complexity index is 528. The SMILES string of the molecule is CCN(Cc1cc(Br)cc(Br)c1OC(C)=O)C1CCCCC1. The first-order valence-corrected chi connectivity index (χ1v) is 9.50. The number of carbonyl (C=O) groups excluding carboxylic acids is 1. The van der Waals surface area contributed by atoms with Crippen molar-refractivity contribution in [3.63, 3.8) is 0 Å². The molecule has 1 saturated carbocycles. The molecular formula is C17H23Br2NO2. The molecule has 0 aliphatic heterocycles. The molecule has 3 nitrogen and oxygen atoms in total. The van der Waals surface area contributed by atoms with Gasteiger partial charge < -0.3 is 4.74 Å². The maximum atomic E-state index is 11.4. The summed E-state index contributed by atoms with van der Waals surface area (Å²) in [5.74, 6) is 0.356. The first-order chi connectivity index (χ1) is 10.5. The van der Waals surface area contributed by atoms with E-state index >= 15 is 0 Å². The molecule has 5 heteroatoms.